The fourth-order valence-electron chi connectivity index (χ4n) is 3.38. The first kappa shape index (κ1) is 20.9. The van der Waals surface area contributed by atoms with Gasteiger partial charge in [0.15, 0.2) is 11.5 Å². The number of rotatable bonds is 10. The second-order valence-corrected chi connectivity index (χ2v) is 6.64. The highest BCUT2D eigenvalue weighted by Crippen LogP contribution is 2.40. The largest absolute Gasteiger partial charge is 0.493 e. The molecule has 1 aliphatic carbocycles. The second kappa shape index (κ2) is 10.6. The van der Waals surface area contributed by atoms with Crippen molar-refractivity contribution in [2.24, 2.45) is 0 Å². The number of ether oxygens (including phenoxy) is 3. The molecular weight excluding hydrogens is 348 g/mol. The highest BCUT2D eigenvalue weighted by Gasteiger charge is 2.18. The quantitative estimate of drug-likeness (QED) is 0.652. The van der Waals surface area contributed by atoms with Crippen LogP contribution in [0.25, 0.3) is 0 Å². The number of hydrogen-bond acceptors (Lipinski definition) is 5. The van der Waals surface area contributed by atoms with Gasteiger partial charge in [-0.2, -0.15) is 0 Å². The molecule has 1 aromatic carbocycles. The van der Waals surface area contributed by atoms with E-state index in [9.17, 15) is 9.59 Å². The summed E-state index contributed by atoms with van der Waals surface area (Å²) in [4.78, 5) is 23.9. The summed E-state index contributed by atoms with van der Waals surface area (Å²) in [6.45, 7) is 0.348. The summed E-state index contributed by atoms with van der Waals surface area (Å²) in [6.07, 6.45) is 5.60. The number of nitrogens with one attached hydrogen (secondary N) is 2. The van der Waals surface area contributed by atoms with Gasteiger partial charge in [0.05, 0.1) is 21.3 Å². The van der Waals surface area contributed by atoms with Crippen LogP contribution in [0.3, 0.4) is 0 Å². The Labute approximate surface area is 160 Å². The van der Waals surface area contributed by atoms with Crippen molar-refractivity contribution in [2.75, 3.05) is 27.9 Å². The molecular formula is C20H30N2O5. The lowest BCUT2D eigenvalue weighted by molar-refractivity contribution is -0.122. The van der Waals surface area contributed by atoms with E-state index in [1.165, 1.54) is 12.8 Å². The molecule has 1 fully saturated rings. The summed E-state index contributed by atoms with van der Waals surface area (Å²) in [7, 11) is 4.67. The molecule has 2 N–H and O–H groups in total. The predicted octanol–water partition coefficient (Wildman–Crippen LogP) is 2.21. The molecule has 1 aromatic rings. The van der Waals surface area contributed by atoms with Gasteiger partial charge < -0.3 is 24.8 Å². The van der Waals surface area contributed by atoms with Crippen LogP contribution in [0.2, 0.25) is 0 Å². The van der Waals surface area contributed by atoms with Gasteiger partial charge in [-0.1, -0.05) is 18.9 Å². The van der Waals surface area contributed by atoms with Crippen molar-refractivity contribution in [1.29, 1.82) is 0 Å². The Balaban J connectivity index is 1.77. The van der Waals surface area contributed by atoms with Gasteiger partial charge in [-0.25, -0.2) is 0 Å². The standard InChI is InChI=1S/C20H30N2O5/c1-25-16-10-8-14(19(26-2)20(16)27-3)9-11-17(23)21-13-12-18(24)22-15-6-4-5-7-15/h8,10,15H,4-7,9,11-13H2,1-3H3,(H,21,23)(H,22,24). The first-order valence-electron chi connectivity index (χ1n) is 9.43. The number of carbonyl (C=O) groups excluding carboxylic acids is 2. The van der Waals surface area contributed by atoms with E-state index < -0.39 is 0 Å². The Kier molecular flexibility index (Phi) is 8.23. The second-order valence-electron chi connectivity index (χ2n) is 6.64. The maximum atomic E-state index is 12.1. The Morgan fingerprint density at radius 3 is 2.30 bits per heavy atom. The maximum absolute atomic E-state index is 12.1. The molecule has 0 radical (unpaired) electrons. The third kappa shape index (κ3) is 6.05. The molecule has 0 spiro atoms. The number of methoxy groups -OCH3 is 3. The van der Waals surface area contributed by atoms with E-state index in [2.05, 4.69) is 10.6 Å². The Morgan fingerprint density at radius 1 is 0.963 bits per heavy atom. The van der Waals surface area contributed by atoms with Crippen LogP contribution in [-0.2, 0) is 16.0 Å². The average molecular weight is 378 g/mol. The average Bonchev–Trinajstić information content (AvgIpc) is 3.18. The van der Waals surface area contributed by atoms with Gasteiger partial charge in [0.2, 0.25) is 17.6 Å². The lowest BCUT2D eigenvalue weighted by atomic mass is 10.1. The number of benzene rings is 1. The third-order valence-corrected chi connectivity index (χ3v) is 4.80. The molecule has 2 amide bonds. The summed E-state index contributed by atoms with van der Waals surface area (Å²) >= 11 is 0. The third-order valence-electron chi connectivity index (χ3n) is 4.80. The smallest absolute Gasteiger partial charge is 0.221 e. The molecule has 0 aromatic heterocycles. The van der Waals surface area contributed by atoms with Crippen molar-refractivity contribution in [2.45, 2.75) is 51.0 Å². The van der Waals surface area contributed by atoms with E-state index in [1.807, 2.05) is 6.07 Å². The number of carbonyl (C=O) groups is 2. The van der Waals surface area contributed by atoms with Crippen molar-refractivity contribution < 1.29 is 23.8 Å². The van der Waals surface area contributed by atoms with Gasteiger partial charge in [-0.3, -0.25) is 9.59 Å². The zero-order valence-corrected chi connectivity index (χ0v) is 16.4. The lowest BCUT2D eigenvalue weighted by Crippen LogP contribution is -2.35. The van der Waals surface area contributed by atoms with E-state index in [0.717, 1.165) is 18.4 Å². The topological polar surface area (TPSA) is 85.9 Å². The van der Waals surface area contributed by atoms with E-state index in [-0.39, 0.29) is 11.8 Å². The minimum Gasteiger partial charge on any atom is -0.493 e. The monoisotopic (exact) mass is 378 g/mol. The predicted molar refractivity (Wildman–Crippen MR) is 102 cm³/mol. The van der Waals surface area contributed by atoms with Gasteiger partial charge in [0.1, 0.15) is 0 Å². The molecule has 0 aliphatic heterocycles. The minimum absolute atomic E-state index is 0.00348. The molecule has 150 valence electrons. The highest BCUT2D eigenvalue weighted by atomic mass is 16.5. The molecule has 0 unspecified atom stereocenters. The normalized spacial score (nSPS) is 13.9. The zero-order chi connectivity index (χ0) is 19.6. The maximum Gasteiger partial charge on any atom is 0.221 e. The van der Waals surface area contributed by atoms with Gasteiger partial charge >= 0.3 is 0 Å². The van der Waals surface area contributed by atoms with Crippen molar-refractivity contribution in [3.63, 3.8) is 0 Å². The van der Waals surface area contributed by atoms with Crippen LogP contribution < -0.4 is 24.8 Å². The van der Waals surface area contributed by atoms with E-state index in [1.54, 1.807) is 27.4 Å². The molecule has 0 saturated heterocycles. The van der Waals surface area contributed by atoms with Crippen LogP contribution in [0.15, 0.2) is 12.1 Å². The van der Waals surface area contributed by atoms with Gasteiger partial charge in [-0.15, -0.1) is 0 Å². The van der Waals surface area contributed by atoms with Crippen molar-refractivity contribution >= 4 is 11.8 Å². The summed E-state index contributed by atoms with van der Waals surface area (Å²) in [5.41, 5.74) is 0.865. The highest BCUT2D eigenvalue weighted by molar-refractivity contribution is 5.79. The minimum atomic E-state index is -0.0968. The summed E-state index contributed by atoms with van der Waals surface area (Å²) in [5.74, 6) is 1.57. The Hall–Kier alpha value is -2.44. The van der Waals surface area contributed by atoms with Crippen LogP contribution in [0.5, 0.6) is 17.2 Å². The molecule has 0 bridgehead atoms. The molecule has 7 nitrogen and oxygen atoms in total. The van der Waals surface area contributed by atoms with Gasteiger partial charge in [-0.05, 0) is 30.9 Å². The molecule has 0 heterocycles. The summed E-state index contributed by atoms with van der Waals surface area (Å²) in [5, 5.41) is 5.82. The molecule has 1 saturated carbocycles. The first-order valence-corrected chi connectivity index (χ1v) is 9.43. The molecule has 27 heavy (non-hydrogen) atoms. The van der Waals surface area contributed by atoms with Gasteiger partial charge in [0.25, 0.3) is 0 Å². The van der Waals surface area contributed by atoms with E-state index >= 15 is 0 Å². The zero-order valence-electron chi connectivity index (χ0n) is 16.4. The van der Waals surface area contributed by atoms with E-state index in [4.69, 9.17) is 14.2 Å². The number of aryl methyl sites for hydroxylation is 1. The Bertz CT molecular complexity index is 642. The van der Waals surface area contributed by atoms with Crippen LogP contribution >= 0.6 is 0 Å². The van der Waals surface area contributed by atoms with Crippen LogP contribution in [0, 0.1) is 0 Å². The SMILES string of the molecule is COc1ccc(CCC(=O)NCCC(=O)NC2CCCC2)c(OC)c1OC. The van der Waals surface area contributed by atoms with Crippen molar-refractivity contribution in [3.05, 3.63) is 17.7 Å². The van der Waals surface area contributed by atoms with Crippen molar-refractivity contribution in [3.8, 4) is 17.2 Å². The molecule has 7 heteroatoms. The van der Waals surface area contributed by atoms with Crippen LogP contribution in [0.1, 0.15) is 44.1 Å². The van der Waals surface area contributed by atoms with Crippen molar-refractivity contribution in [1.82, 2.24) is 10.6 Å². The summed E-state index contributed by atoms with van der Waals surface area (Å²) < 4.78 is 16.0. The number of amides is 2. The fourth-order valence-corrected chi connectivity index (χ4v) is 3.38. The first-order chi connectivity index (χ1) is 13.1. The van der Waals surface area contributed by atoms with Crippen LogP contribution in [-0.4, -0.2) is 45.7 Å². The van der Waals surface area contributed by atoms with E-state index in [0.29, 0.717) is 49.1 Å². The molecule has 0 atom stereocenters. The lowest BCUT2D eigenvalue weighted by Gasteiger charge is -2.15. The fraction of sp³-hybridized carbons (Fsp3) is 0.600. The molecule has 1 aliphatic rings. The number of hydrogen-bond donors (Lipinski definition) is 2. The summed E-state index contributed by atoms with van der Waals surface area (Å²) in [6, 6.07) is 3.97. The molecule has 2 rings (SSSR count). The van der Waals surface area contributed by atoms with Gasteiger partial charge in [0, 0.05) is 25.4 Å². The Morgan fingerprint density at radius 2 is 1.67 bits per heavy atom. The van der Waals surface area contributed by atoms with Crippen LogP contribution in [0.4, 0.5) is 0 Å².